The van der Waals surface area contributed by atoms with Gasteiger partial charge in [0.05, 0.1) is 20.5 Å². The lowest BCUT2D eigenvalue weighted by Gasteiger charge is -2.13. The van der Waals surface area contributed by atoms with Crippen LogP contribution < -0.4 is 20.1 Å². The van der Waals surface area contributed by atoms with Crippen LogP contribution in [-0.4, -0.2) is 26.0 Å². The highest BCUT2D eigenvalue weighted by Gasteiger charge is 2.17. The van der Waals surface area contributed by atoms with Gasteiger partial charge in [-0.15, -0.1) is 0 Å². The number of hydrogen-bond donors (Lipinski definition) is 2. The van der Waals surface area contributed by atoms with E-state index in [1.54, 1.807) is 36.4 Å². The van der Waals surface area contributed by atoms with Gasteiger partial charge in [0, 0.05) is 17.3 Å². The molecular formula is C24H24N2O5. The smallest absolute Gasteiger partial charge is 0.272 e. The summed E-state index contributed by atoms with van der Waals surface area (Å²) in [5.74, 6) is 0.379. The highest BCUT2D eigenvalue weighted by molar-refractivity contribution is 6.10. The fourth-order valence-electron chi connectivity index (χ4n) is 2.86. The van der Waals surface area contributed by atoms with Gasteiger partial charge in [0.25, 0.3) is 11.8 Å². The minimum Gasteiger partial charge on any atom is -0.493 e. The van der Waals surface area contributed by atoms with E-state index in [-0.39, 0.29) is 5.70 Å². The first kappa shape index (κ1) is 21.7. The third kappa shape index (κ3) is 5.33. The maximum Gasteiger partial charge on any atom is 0.272 e. The molecule has 0 aliphatic carbocycles. The topological polar surface area (TPSA) is 89.8 Å². The van der Waals surface area contributed by atoms with Crippen molar-refractivity contribution in [1.82, 2.24) is 5.32 Å². The van der Waals surface area contributed by atoms with Gasteiger partial charge < -0.3 is 24.5 Å². The molecule has 7 heteroatoms. The Kier molecular flexibility index (Phi) is 6.77. The van der Waals surface area contributed by atoms with Crippen LogP contribution in [0.4, 0.5) is 5.69 Å². The van der Waals surface area contributed by atoms with E-state index in [9.17, 15) is 9.59 Å². The summed E-state index contributed by atoms with van der Waals surface area (Å²) in [6.07, 6.45) is 2.95. The molecule has 2 N–H and O–H groups in total. The van der Waals surface area contributed by atoms with Crippen molar-refractivity contribution in [3.05, 3.63) is 82.9 Å². The molecule has 0 spiro atoms. The fourth-order valence-corrected chi connectivity index (χ4v) is 2.86. The van der Waals surface area contributed by atoms with Gasteiger partial charge >= 0.3 is 0 Å². The Bertz CT molecular complexity index is 1120. The number of amides is 2. The Hall–Kier alpha value is -4.00. The van der Waals surface area contributed by atoms with Crippen molar-refractivity contribution in [3.8, 4) is 11.5 Å². The van der Waals surface area contributed by atoms with Gasteiger partial charge in [-0.1, -0.05) is 6.07 Å². The zero-order chi connectivity index (χ0) is 22.4. The Morgan fingerprint density at radius 3 is 2.35 bits per heavy atom. The summed E-state index contributed by atoms with van der Waals surface area (Å²) in [6, 6.07) is 13.7. The lowest BCUT2D eigenvalue weighted by Crippen LogP contribution is -2.30. The van der Waals surface area contributed by atoms with Gasteiger partial charge in [-0.25, -0.2) is 0 Å². The van der Waals surface area contributed by atoms with E-state index < -0.39 is 11.8 Å². The number of rotatable bonds is 7. The molecule has 2 aromatic carbocycles. The molecule has 0 saturated carbocycles. The Labute approximate surface area is 180 Å². The summed E-state index contributed by atoms with van der Waals surface area (Å²) in [7, 11) is 3.00. The van der Waals surface area contributed by atoms with Crippen molar-refractivity contribution in [3.63, 3.8) is 0 Å². The zero-order valence-electron chi connectivity index (χ0n) is 17.8. The Morgan fingerprint density at radius 1 is 0.935 bits per heavy atom. The van der Waals surface area contributed by atoms with Crippen LogP contribution >= 0.6 is 0 Å². The van der Waals surface area contributed by atoms with Crippen molar-refractivity contribution in [2.75, 3.05) is 19.5 Å². The zero-order valence-corrected chi connectivity index (χ0v) is 17.8. The van der Waals surface area contributed by atoms with Gasteiger partial charge in [-0.05, 0) is 67.4 Å². The molecule has 0 saturated heterocycles. The van der Waals surface area contributed by atoms with Crippen molar-refractivity contribution < 1.29 is 23.5 Å². The predicted octanol–water partition coefficient (Wildman–Crippen LogP) is 4.32. The maximum atomic E-state index is 12.9. The maximum absolute atomic E-state index is 12.9. The van der Waals surface area contributed by atoms with Gasteiger partial charge in [-0.2, -0.15) is 0 Å². The number of carbonyl (C=O) groups is 2. The summed E-state index contributed by atoms with van der Waals surface area (Å²) >= 11 is 0. The monoisotopic (exact) mass is 420 g/mol. The number of methoxy groups -OCH3 is 2. The van der Waals surface area contributed by atoms with Crippen LogP contribution in [-0.2, 0) is 4.79 Å². The predicted molar refractivity (Wildman–Crippen MR) is 118 cm³/mol. The van der Waals surface area contributed by atoms with E-state index in [4.69, 9.17) is 13.9 Å². The average Bonchev–Trinajstić information content (AvgIpc) is 3.28. The fraction of sp³-hybridized carbons (Fsp3) is 0.167. The number of aryl methyl sites for hydroxylation is 2. The lowest BCUT2D eigenvalue weighted by molar-refractivity contribution is -0.113. The van der Waals surface area contributed by atoms with Crippen LogP contribution in [0, 0.1) is 13.8 Å². The SMILES string of the molecule is COc1ccc(C(=O)N/C(=C\c2ccco2)C(=O)Nc2ccc(C)c(C)c2)cc1OC. The standard InChI is InChI=1S/C24H24N2O5/c1-15-7-9-18(12-16(15)2)25-24(28)20(14-19-6-5-11-31-19)26-23(27)17-8-10-21(29-3)22(13-17)30-4/h5-14H,1-4H3,(H,25,28)(H,26,27)/b20-14-. The normalized spacial score (nSPS) is 11.0. The van der Waals surface area contributed by atoms with Crippen LogP contribution in [0.3, 0.4) is 0 Å². The van der Waals surface area contributed by atoms with Gasteiger partial charge in [-0.3, -0.25) is 9.59 Å². The summed E-state index contributed by atoms with van der Waals surface area (Å²) in [6.45, 7) is 3.95. The minimum atomic E-state index is -0.478. The number of nitrogens with one attached hydrogen (secondary N) is 2. The number of anilines is 1. The molecule has 3 rings (SSSR count). The molecule has 0 aliphatic rings. The molecule has 0 atom stereocenters. The lowest BCUT2D eigenvalue weighted by atomic mass is 10.1. The quantitative estimate of drug-likeness (QED) is 0.556. The largest absolute Gasteiger partial charge is 0.493 e. The number of furan rings is 1. The van der Waals surface area contributed by atoms with Crippen LogP contribution in [0.25, 0.3) is 6.08 Å². The van der Waals surface area contributed by atoms with E-state index in [1.807, 2.05) is 26.0 Å². The number of carbonyl (C=O) groups excluding carboxylic acids is 2. The number of hydrogen-bond acceptors (Lipinski definition) is 5. The van der Waals surface area contributed by atoms with Crippen molar-refractivity contribution in [1.29, 1.82) is 0 Å². The first-order valence-corrected chi connectivity index (χ1v) is 9.58. The van der Waals surface area contributed by atoms with Gasteiger partial charge in [0.15, 0.2) is 11.5 Å². The van der Waals surface area contributed by atoms with Crippen LogP contribution in [0.15, 0.2) is 64.9 Å². The van der Waals surface area contributed by atoms with Crippen LogP contribution in [0.1, 0.15) is 27.2 Å². The molecule has 0 unspecified atom stereocenters. The van der Waals surface area contributed by atoms with Crippen molar-refractivity contribution in [2.24, 2.45) is 0 Å². The van der Waals surface area contributed by atoms with Crippen molar-refractivity contribution in [2.45, 2.75) is 13.8 Å². The molecule has 0 radical (unpaired) electrons. The highest BCUT2D eigenvalue weighted by Crippen LogP contribution is 2.27. The molecular weight excluding hydrogens is 396 g/mol. The van der Waals surface area contributed by atoms with E-state index in [0.717, 1.165) is 11.1 Å². The number of ether oxygens (including phenoxy) is 2. The Morgan fingerprint density at radius 2 is 1.71 bits per heavy atom. The molecule has 0 fully saturated rings. The first-order valence-electron chi connectivity index (χ1n) is 9.58. The van der Waals surface area contributed by atoms with Crippen molar-refractivity contribution >= 4 is 23.6 Å². The van der Waals surface area contributed by atoms with E-state index in [2.05, 4.69) is 10.6 Å². The molecule has 3 aromatic rings. The molecule has 7 nitrogen and oxygen atoms in total. The molecule has 2 amide bonds. The third-order valence-corrected chi connectivity index (χ3v) is 4.73. The molecule has 31 heavy (non-hydrogen) atoms. The second kappa shape index (κ2) is 9.67. The second-order valence-electron chi connectivity index (χ2n) is 6.85. The van der Waals surface area contributed by atoms with Crippen LogP contribution in [0.5, 0.6) is 11.5 Å². The van der Waals surface area contributed by atoms with E-state index in [1.165, 1.54) is 26.6 Å². The van der Waals surface area contributed by atoms with Gasteiger partial charge in [0.2, 0.25) is 0 Å². The summed E-state index contributed by atoms with van der Waals surface area (Å²) < 4.78 is 15.8. The van der Waals surface area contributed by atoms with E-state index in [0.29, 0.717) is 28.5 Å². The third-order valence-electron chi connectivity index (χ3n) is 4.73. The molecule has 0 bridgehead atoms. The minimum absolute atomic E-state index is 0.0352. The molecule has 1 heterocycles. The second-order valence-corrected chi connectivity index (χ2v) is 6.85. The number of benzene rings is 2. The van der Waals surface area contributed by atoms with Crippen LogP contribution in [0.2, 0.25) is 0 Å². The van der Waals surface area contributed by atoms with E-state index >= 15 is 0 Å². The first-order chi connectivity index (χ1) is 14.9. The molecule has 1 aromatic heterocycles. The Balaban J connectivity index is 1.86. The van der Waals surface area contributed by atoms with Gasteiger partial charge in [0.1, 0.15) is 11.5 Å². The summed E-state index contributed by atoms with van der Waals surface area (Å²) in [5.41, 5.74) is 3.13. The summed E-state index contributed by atoms with van der Waals surface area (Å²) in [5, 5.41) is 5.47. The highest BCUT2D eigenvalue weighted by atomic mass is 16.5. The molecule has 0 aliphatic heterocycles. The average molecular weight is 420 g/mol. The molecule has 160 valence electrons. The summed E-state index contributed by atoms with van der Waals surface area (Å²) in [4.78, 5) is 25.8.